The Balaban J connectivity index is 2.05. The number of carbonyl (C=O) groups excluding carboxylic acids is 1. The van der Waals surface area contributed by atoms with Crippen LogP contribution in [-0.2, 0) is 16.4 Å². The minimum Gasteiger partial charge on any atom is -0.302 e. The van der Waals surface area contributed by atoms with E-state index in [0.717, 1.165) is 16.9 Å². The molecule has 0 N–H and O–H groups in total. The zero-order valence-corrected chi connectivity index (χ0v) is 16.0. The lowest BCUT2D eigenvalue weighted by Crippen LogP contribution is -2.28. The van der Waals surface area contributed by atoms with Crippen molar-refractivity contribution >= 4 is 27.1 Å². The molecule has 0 saturated heterocycles. The summed E-state index contributed by atoms with van der Waals surface area (Å²) in [6, 6.07) is 7.41. The van der Waals surface area contributed by atoms with Crippen molar-refractivity contribution in [2.45, 2.75) is 11.3 Å². The van der Waals surface area contributed by atoms with Gasteiger partial charge < -0.3 is 4.90 Å². The number of nitrogens with zero attached hydrogens (tertiary/aromatic N) is 2. The Morgan fingerprint density at radius 3 is 2.40 bits per heavy atom. The summed E-state index contributed by atoms with van der Waals surface area (Å²) in [7, 11) is 1.41. The Labute approximate surface area is 151 Å². The summed E-state index contributed by atoms with van der Waals surface area (Å²) in [5.74, 6) is -0.427. The molecule has 0 aliphatic carbocycles. The fourth-order valence-electron chi connectivity index (χ4n) is 2.20. The van der Waals surface area contributed by atoms with Crippen molar-refractivity contribution in [3.05, 3.63) is 52.0 Å². The second-order valence-electron chi connectivity index (χ2n) is 6.01. The molecule has 0 atom stereocenters. The number of carbonyl (C=O) groups is 1. The average Bonchev–Trinajstić information content (AvgIpc) is 3.04. The smallest absolute Gasteiger partial charge is 0.243 e. The second-order valence-corrected chi connectivity index (χ2v) is 8.97. The van der Waals surface area contributed by atoms with E-state index in [1.807, 2.05) is 0 Å². The van der Waals surface area contributed by atoms with Crippen LogP contribution in [-0.4, -0.2) is 57.6 Å². The molecule has 0 unspecified atom stereocenters. The summed E-state index contributed by atoms with van der Waals surface area (Å²) in [5, 5.41) is 1.49. The van der Waals surface area contributed by atoms with Crippen LogP contribution in [0.15, 0.2) is 40.6 Å². The van der Waals surface area contributed by atoms with E-state index in [2.05, 4.69) is 0 Å². The monoisotopic (exact) mass is 384 g/mol. The van der Waals surface area contributed by atoms with Crippen LogP contribution >= 0.6 is 11.3 Å². The van der Waals surface area contributed by atoms with Crippen LogP contribution in [0.5, 0.6) is 0 Å². The number of ketones is 1. The zero-order chi connectivity index (χ0) is 18.6. The number of likely N-dealkylation sites (N-methyl/N-ethyl adjacent to an activating group) is 2. The molecule has 0 fully saturated rings. The first kappa shape index (κ1) is 19.7. The van der Waals surface area contributed by atoms with Gasteiger partial charge in [0.2, 0.25) is 10.0 Å². The lowest BCUT2D eigenvalue weighted by atomic mass is 10.1. The molecule has 0 bridgehead atoms. The highest BCUT2D eigenvalue weighted by Crippen LogP contribution is 2.23. The minimum absolute atomic E-state index is 0.106. The Morgan fingerprint density at radius 2 is 1.80 bits per heavy atom. The number of rotatable bonds is 8. The fourth-order valence-corrected chi connectivity index (χ4v) is 4.57. The minimum atomic E-state index is -3.65. The van der Waals surface area contributed by atoms with E-state index in [4.69, 9.17) is 0 Å². The largest absolute Gasteiger partial charge is 0.302 e. The topological polar surface area (TPSA) is 57.7 Å². The van der Waals surface area contributed by atoms with Crippen LogP contribution in [0.3, 0.4) is 0 Å². The molecule has 25 heavy (non-hydrogen) atoms. The van der Waals surface area contributed by atoms with Gasteiger partial charge in [0, 0.05) is 19.0 Å². The van der Waals surface area contributed by atoms with Gasteiger partial charge in [0.15, 0.2) is 5.78 Å². The van der Waals surface area contributed by atoms with Gasteiger partial charge in [-0.15, -0.1) is 11.3 Å². The molecule has 136 valence electrons. The molecule has 0 spiro atoms. The molecule has 0 amide bonds. The van der Waals surface area contributed by atoms with E-state index in [9.17, 15) is 17.6 Å². The van der Waals surface area contributed by atoms with Crippen molar-refractivity contribution in [2.75, 3.05) is 34.2 Å². The van der Waals surface area contributed by atoms with Crippen molar-refractivity contribution < 1.29 is 17.6 Å². The van der Waals surface area contributed by atoms with Crippen LogP contribution in [0.25, 0.3) is 0 Å². The maximum absolute atomic E-state index is 12.9. The number of hydrogen-bond donors (Lipinski definition) is 0. The zero-order valence-electron chi connectivity index (χ0n) is 14.4. The molecule has 0 aliphatic heterocycles. The van der Waals surface area contributed by atoms with Crippen LogP contribution in [0.4, 0.5) is 4.39 Å². The quantitative estimate of drug-likeness (QED) is 0.656. The Morgan fingerprint density at radius 1 is 1.16 bits per heavy atom. The number of halogens is 1. The van der Waals surface area contributed by atoms with E-state index in [1.54, 1.807) is 31.1 Å². The van der Waals surface area contributed by atoms with E-state index in [-0.39, 0.29) is 29.6 Å². The molecule has 5 nitrogen and oxygen atoms in total. The van der Waals surface area contributed by atoms with Crippen molar-refractivity contribution in [2.24, 2.45) is 0 Å². The molecule has 0 radical (unpaired) electrons. The van der Waals surface area contributed by atoms with Gasteiger partial charge in [-0.25, -0.2) is 17.1 Å². The summed E-state index contributed by atoms with van der Waals surface area (Å²) in [6.07, 6.45) is 0.479. The van der Waals surface area contributed by atoms with Crippen molar-refractivity contribution in [1.82, 2.24) is 9.21 Å². The Kier molecular flexibility index (Phi) is 6.45. The van der Waals surface area contributed by atoms with E-state index >= 15 is 0 Å². The first-order chi connectivity index (χ1) is 11.7. The highest BCUT2D eigenvalue weighted by Gasteiger charge is 2.23. The van der Waals surface area contributed by atoms with E-state index < -0.39 is 10.0 Å². The lowest BCUT2D eigenvalue weighted by Gasteiger charge is -2.16. The predicted molar refractivity (Wildman–Crippen MR) is 97.1 cm³/mol. The molecule has 2 aromatic rings. The molecule has 0 saturated carbocycles. The van der Waals surface area contributed by atoms with Crippen molar-refractivity contribution in [1.29, 1.82) is 0 Å². The number of thiophene rings is 1. The predicted octanol–water partition coefficient (Wildman–Crippen LogP) is 2.49. The van der Waals surface area contributed by atoms with Gasteiger partial charge in [-0.1, -0.05) is 12.1 Å². The Hall–Kier alpha value is -1.61. The molecule has 1 aromatic heterocycles. The second kappa shape index (κ2) is 8.18. The molecule has 2 rings (SSSR count). The van der Waals surface area contributed by atoms with Crippen LogP contribution < -0.4 is 0 Å². The number of hydrogen-bond acceptors (Lipinski definition) is 5. The molecule has 0 aliphatic rings. The summed E-state index contributed by atoms with van der Waals surface area (Å²) in [4.78, 5) is 14.3. The molecule has 1 heterocycles. The molecular formula is C17H21FN2O3S2. The maximum atomic E-state index is 12.9. The first-order valence-corrected chi connectivity index (χ1v) is 9.99. The van der Waals surface area contributed by atoms with Crippen LogP contribution in [0.2, 0.25) is 0 Å². The lowest BCUT2D eigenvalue weighted by molar-refractivity contribution is 0.0961. The van der Waals surface area contributed by atoms with Gasteiger partial charge in [-0.3, -0.25) is 4.79 Å². The van der Waals surface area contributed by atoms with Crippen LogP contribution in [0, 0.1) is 5.82 Å². The summed E-state index contributed by atoms with van der Waals surface area (Å²) < 4.78 is 39.4. The number of sulfonamides is 1. The van der Waals surface area contributed by atoms with E-state index in [0.29, 0.717) is 11.3 Å². The third-order valence-corrected chi connectivity index (χ3v) is 6.60. The number of Topliss-reactive ketones (excluding diaryl/α,β-unsaturated/α-hetero) is 1. The third kappa shape index (κ3) is 5.18. The van der Waals surface area contributed by atoms with Gasteiger partial charge in [0.1, 0.15) is 5.82 Å². The fraction of sp³-hybridized carbons (Fsp3) is 0.353. The van der Waals surface area contributed by atoms with Gasteiger partial charge in [-0.05, 0) is 44.3 Å². The summed E-state index contributed by atoms with van der Waals surface area (Å²) in [6.45, 7) is 0.505. The third-order valence-electron chi connectivity index (χ3n) is 3.65. The Bertz CT molecular complexity index is 830. The molecule has 8 heteroatoms. The highest BCUT2D eigenvalue weighted by molar-refractivity contribution is 7.89. The van der Waals surface area contributed by atoms with Gasteiger partial charge in [0.05, 0.1) is 16.3 Å². The van der Waals surface area contributed by atoms with Gasteiger partial charge >= 0.3 is 0 Å². The van der Waals surface area contributed by atoms with Crippen molar-refractivity contribution in [3.8, 4) is 0 Å². The molecule has 1 aromatic carbocycles. The van der Waals surface area contributed by atoms with Crippen molar-refractivity contribution in [3.63, 3.8) is 0 Å². The summed E-state index contributed by atoms with van der Waals surface area (Å²) >= 11 is 1.14. The first-order valence-electron chi connectivity index (χ1n) is 7.67. The maximum Gasteiger partial charge on any atom is 0.243 e. The normalized spacial score (nSPS) is 12.1. The van der Waals surface area contributed by atoms with E-state index in [1.165, 1.54) is 34.9 Å². The number of benzene rings is 1. The van der Waals surface area contributed by atoms with Gasteiger partial charge in [0.25, 0.3) is 0 Å². The van der Waals surface area contributed by atoms with Gasteiger partial charge in [-0.2, -0.15) is 0 Å². The average molecular weight is 384 g/mol. The standard InChI is InChI=1S/C17H21FN2O3S2/c1-19(2)11-16(21)17-10-15(12-24-17)25(22,23)20(3)9-8-13-4-6-14(18)7-5-13/h4-7,10,12H,8-9,11H2,1-3H3. The summed E-state index contributed by atoms with van der Waals surface area (Å²) in [5.41, 5.74) is 0.857. The highest BCUT2D eigenvalue weighted by atomic mass is 32.2. The SMILES string of the molecule is CN(C)CC(=O)c1cc(S(=O)(=O)N(C)CCc2ccc(F)cc2)cs1. The van der Waals surface area contributed by atoms with Crippen LogP contribution in [0.1, 0.15) is 15.2 Å². The molecular weight excluding hydrogens is 363 g/mol.